The van der Waals surface area contributed by atoms with Crippen molar-refractivity contribution >= 4 is 28.3 Å². The lowest BCUT2D eigenvalue weighted by molar-refractivity contribution is -0.116. The van der Waals surface area contributed by atoms with Crippen molar-refractivity contribution in [2.45, 2.75) is 19.3 Å². The molecule has 1 amide bonds. The first-order valence-corrected chi connectivity index (χ1v) is 6.88. The van der Waals surface area contributed by atoms with Crippen molar-refractivity contribution in [1.82, 2.24) is 0 Å². The number of amides is 1. The molecule has 4 N–H and O–H groups in total. The molecule has 0 aliphatic heterocycles. The standard InChI is InChI=1S/C16H18N2O3/c17-8-4-3-7-15(19)18-14-10-12-6-2-1-5-11(12)9-13(14)16(20)21/h1-2,5-6,9-10H,3-4,7-8,17H2,(H,18,19)(H,20,21). The molecule has 5 heteroatoms. The summed E-state index contributed by atoms with van der Waals surface area (Å²) in [5, 5.41) is 13.7. The van der Waals surface area contributed by atoms with E-state index in [-0.39, 0.29) is 11.5 Å². The highest BCUT2D eigenvalue weighted by atomic mass is 16.4. The van der Waals surface area contributed by atoms with E-state index >= 15 is 0 Å². The molecule has 0 bridgehead atoms. The molecule has 0 aromatic heterocycles. The zero-order valence-electron chi connectivity index (χ0n) is 11.6. The van der Waals surface area contributed by atoms with Gasteiger partial charge in [0.15, 0.2) is 0 Å². The van der Waals surface area contributed by atoms with Crippen LogP contribution >= 0.6 is 0 Å². The molecular weight excluding hydrogens is 268 g/mol. The molecule has 5 nitrogen and oxygen atoms in total. The van der Waals surface area contributed by atoms with Crippen LogP contribution in [0.15, 0.2) is 36.4 Å². The SMILES string of the molecule is NCCCCC(=O)Nc1cc2ccccc2cc1C(=O)O. The van der Waals surface area contributed by atoms with E-state index in [4.69, 9.17) is 5.73 Å². The van der Waals surface area contributed by atoms with E-state index < -0.39 is 5.97 Å². The molecule has 0 unspecified atom stereocenters. The van der Waals surface area contributed by atoms with Gasteiger partial charge >= 0.3 is 5.97 Å². The molecule has 0 atom stereocenters. The van der Waals surface area contributed by atoms with Crippen LogP contribution in [-0.2, 0) is 4.79 Å². The van der Waals surface area contributed by atoms with Gasteiger partial charge in [-0.15, -0.1) is 0 Å². The lowest BCUT2D eigenvalue weighted by Gasteiger charge is -2.10. The number of hydrogen-bond donors (Lipinski definition) is 3. The van der Waals surface area contributed by atoms with Crippen LogP contribution in [0.4, 0.5) is 5.69 Å². The highest BCUT2D eigenvalue weighted by Gasteiger charge is 2.13. The summed E-state index contributed by atoms with van der Waals surface area (Å²) in [7, 11) is 0. The minimum absolute atomic E-state index is 0.0980. The highest BCUT2D eigenvalue weighted by Crippen LogP contribution is 2.24. The maximum Gasteiger partial charge on any atom is 0.337 e. The van der Waals surface area contributed by atoms with Crippen molar-refractivity contribution in [3.8, 4) is 0 Å². The molecule has 2 aromatic rings. The fourth-order valence-corrected chi connectivity index (χ4v) is 2.16. The summed E-state index contributed by atoms with van der Waals surface area (Å²) in [5.41, 5.74) is 5.81. The van der Waals surface area contributed by atoms with Crippen LogP contribution in [0.1, 0.15) is 29.6 Å². The molecule has 0 spiro atoms. The fraction of sp³-hybridized carbons (Fsp3) is 0.250. The summed E-state index contributed by atoms with van der Waals surface area (Å²) in [6.45, 7) is 0.545. The minimum Gasteiger partial charge on any atom is -0.478 e. The average Bonchev–Trinajstić information content (AvgIpc) is 2.46. The zero-order chi connectivity index (χ0) is 15.2. The van der Waals surface area contributed by atoms with E-state index in [0.29, 0.717) is 25.1 Å². The van der Waals surface area contributed by atoms with Crippen molar-refractivity contribution < 1.29 is 14.7 Å². The number of benzene rings is 2. The van der Waals surface area contributed by atoms with Crippen LogP contribution in [0.2, 0.25) is 0 Å². The molecule has 110 valence electrons. The van der Waals surface area contributed by atoms with Gasteiger partial charge in [-0.1, -0.05) is 24.3 Å². The van der Waals surface area contributed by atoms with Gasteiger partial charge in [-0.3, -0.25) is 4.79 Å². The number of unbranched alkanes of at least 4 members (excludes halogenated alkanes) is 1. The number of carboxylic acid groups (broad SMARTS) is 1. The van der Waals surface area contributed by atoms with E-state index in [2.05, 4.69) is 5.32 Å². The lowest BCUT2D eigenvalue weighted by atomic mass is 10.0. The monoisotopic (exact) mass is 286 g/mol. The number of aromatic carboxylic acids is 1. The van der Waals surface area contributed by atoms with Crippen molar-refractivity contribution in [2.75, 3.05) is 11.9 Å². The van der Waals surface area contributed by atoms with E-state index in [1.165, 1.54) is 0 Å². The molecule has 2 rings (SSSR count). The van der Waals surface area contributed by atoms with Gasteiger partial charge in [-0.25, -0.2) is 4.79 Å². The van der Waals surface area contributed by atoms with E-state index in [1.54, 1.807) is 12.1 Å². The normalized spacial score (nSPS) is 10.5. The van der Waals surface area contributed by atoms with Gasteiger partial charge in [-0.05, 0) is 42.3 Å². The quantitative estimate of drug-likeness (QED) is 0.712. The Morgan fingerprint density at radius 3 is 2.38 bits per heavy atom. The lowest BCUT2D eigenvalue weighted by Crippen LogP contribution is -2.15. The number of carbonyl (C=O) groups excluding carboxylic acids is 1. The van der Waals surface area contributed by atoms with Crippen LogP contribution in [0, 0.1) is 0 Å². The molecule has 2 aromatic carbocycles. The Bertz CT molecular complexity index is 668. The Morgan fingerprint density at radius 2 is 1.76 bits per heavy atom. The summed E-state index contributed by atoms with van der Waals surface area (Å²) >= 11 is 0. The Hall–Kier alpha value is -2.40. The van der Waals surface area contributed by atoms with Crippen molar-refractivity contribution in [3.05, 3.63) is 42.0 Å². The van der Waals surface area contributed by atoms with Gasteiger partial charge in [0.25, 0.3) is 0 Å². The summed E-state index contributed by atoms with van der Waals surface area (Å²) in [6.07, 6.45) is 1.80. The maximum atomic E-state index is 11.9. The van der Waals surface area contributed by atoms with Crippen LogP contribution < -0.4 is 11.1 Å². The average molecular weight is 286 g/mol. The number of nitrogens with one attached hydrogen (secondary N) is 1. The summed E-state index contributed by atoms with van der Waals surface area (Å²) in [4.78, 5) is 23.2. The topological polar surface area (TPSA) is 92.4 Å². The van der Waals surface area contributed by atoms with Gasteiger partial charge in [0.1, 0.15) is 0 Å². The number of fused-ring (bicyclic) bond motifs is 1. The molecular formula is C16H18N2O3. The van der Waals surface area contributed by atoms with Gasteiger partial charge in [0.05, 0.1) is 11.3 Å². The first-order valence-electron chi connectivity index (χ1n) is 6.88. The van der Waals surface area contributed by atoms with E-state index in [9.17, 15) is 14.7 Å². The predicted molar refractivity (Wildman–Crippen MR) is 82.4 cm³/mol. The third-order valence-electron chi connectivity index (χ3n) is 3.25. The second-order valence-corrected chi connectivity index (χ2v) is 4.84. The van der Waals surface area contributed by atoms with Gasteiger partial charge < -0.3 is 16.2 Å². The van der Waals surface area contributed by atoms with Crippen molar-refractivity contribution in [2.24, 2.45) is 5.73 Å². The molecule has 0 aliphatic carbocycles. The molecule has 0 saturated heterocycles. The van der Waals surface area contributed by atoms with E-state index in [1.807, 2.05) is 24.3 Å². The Kier molecular flexibility index (Phi) is 4.90. The molecule has 0 saturated carbocycles. The Labute approximate surface area is 122 Å². The number of carbonyl (C=O) groups is 2. The second-order valence-electron chi connectivity index (χ2n) is 4.84. The molecule has 0 radical (unpaired) electrons. The first kappa shape index (κ1) is 15.0. The predicted octanol–water partition coefficient (Wildman–Crippen LogP) is 2.61. The Balaban J connectivity index is 2.26. The van der Waals surface area contributed by atoms with Crippen LogP contribution in [0.5, 0.6) is 0 Å². The van der Waals surface area contributed by atoms with Crippen molar-refractivity contribution in [3.63, 3.8) is 0 Å². The largest absolute Gasteiger partial charge is 0.478 e. The van der Waals surface area contributed by atoms with Crippen LogP contribution in [0.3, 0.4) is 0 Å². The zero-order valence-corrected chi connectivity index (χ0v) is 11.6. The summed E-state index contributed by atoms with van der Waals surface area (Å²) in [6, 6.07) is 10.7. The number of anilines is 1. The highest BCUT2D eigenvalue weighted by molar-refractivity contribution is 6.05. The summed E-state index contributed by atoms with van der Waals surface area (Å²) in [5.74, 6) is -1.25. The Morgan fingerprint density at radius 1 is 1.10 bits per heavy atom. The fourth-order valence-electron chi connectivity index (χ4n) is 2.16. The number of rotatable bonds is 6. The summed E-state index contributed by atoms with van der Waals surface area (Å²) < 4.78 is 0. The first-order chi connectivity index (χ1) is 10.1. The molecule has 0 aliphatic rings. The number of nitrogens with two attached hydrogens (primary N) is 1. The third-order valence-corrected chi connectivity index (χ3v) is 3.25. The van der Waals surface area contributed by atoms with Crippen molar-refractivity contribution in [1.29, 1.82) is 0 Å². The number of carboxylic acids is 1. The molecule has 21 heavy (non-hydrogen) atoms. The van der Waals surface area contributed by atoms with Gasteiger partial charge in [0, 0.05) is 6.42 Å². The maximum absolute atomic E-state index is 11.9. The van der Waals surface area contributed by atoms with Crippen LogP contribution in [0.25, 0.3) is 10.8 Å². The second kappa shape index (κ2) is 6.85. The van der Waals surface area contributed by atoms with E-state index in [0.717, 1.165) is 17.2 Å². The van der Waals surface area contributed by atoms with Crippen LogP contribution in [-0.4, -0.2) is 23.5 Å². The number of hydrogen-bond acceptors (Lipinski definition) is 3. The molecule has 0 heterocycles. The molecule has 0 fully saturated rings. The van der Waals surface area contributed by atoms with Gasteiger partial charge in [0.2, 0.25) is 5.91 Å². The third kappa shape index (κ3) is 3.79. The smallest absolute Gasteiger partial charge is 0.337 e. The minimum atomic E-state index is -1.06. The van der Waals surface area contributed by atoms with Gasteiger partial charge in [-0.2, -0.15) is 0 Å².